The van der Waals surface area contributed by atoms with E-state index in [-0.39, 0.29) is 11.5 Å². The quantitative estimate of drug-likeness (QED) is 0.849. The van der Waals surface area contributed by atoms with E-state index in [0.717, 1.165) is 25.9 Å². The summed E-state index contributed by atoms with van der Waals surface area (Å²) in [4.78, 5) is 30.5. The number of carbonyl (C=O) groups excluding carboxylic acids is 1. The summed E-state index contributed by atoms with van der Waals surface area (Å²) in [5, 5.41) is 2.81. The summed E-state index contributed by atoms with van der Waals surface area (Å²) >= 11 is 0. The smallest absolute Gasteiger partial charge is 0.272 e. The van der Waals surface area contributed by atoms with Crippen LogP contribution >= 0.6 is 0 Å². The van der Waals surface area contributed by atoms with Crippen LogP contribution in [0.5, 0.6) is 0 Å². The molecular weight excluding hydrogens is 256 g/mol. The summed E-state index contributed by atoms with van der Waals surface area (Å²) in [6.07, 6.45) is 3.63. The summed E-state index contributed by atoms with van der Waals surface area (Å²) in [6, 6.07) is 1.44. The lowest BCUT2D eigenvalue weighted by atomic mass is 9.99. The number of carbonyl (C=O) groups is 1. The van der Waals surface area contributed by atoms with Crippen molar-refractivity contribution in [1.29, 1.82) is 0 Å². The number of nitrogens with zero attached hydrogens (tertiary/aromatic N) is 3. The molecule has 20 heavy (non-hydrogen) atoms. The molecule has 3 rings (SSSR count). The predicted octanol–water partition coefficient (Wildman–Crippen LogP) is 1.20. The van der Waals surface area contributed by atoms with Crippen molar-refractivity contribution in [3.63, 3.8) is 0 Å². The Morgan fingerprint density at radius 2 is 2.10 bits per heavy atom. The topological polar surface area (TPSA) is 70.5 Å². The highest BCUT2D eigenvalue weighted by Crippen LogP contribution is 2.19. The number of hydrogen-bond acceptors (Lipinski definition) is 3. The van der Waals surface area contributed by atoms with Gasteiger partial charge in [-0.1, -0.05) is 6.92 Å². The molecule has 0 saturated carbocycles. The van der Waals surface area contributed by atoms with Crippen molar-refractivity contribution >= 4 is 11.6 Å². The van der Waals surface area contributed by atoms with E-state index in [2.05, 4.69) is 17.0 Å². The monoisotopic (exact) mass is 274 g/mol. The second-order valence-corrected chi connectivity index (χ2v) is 5.56. The summed E-state index contributed by atoms with van der Waals surface area (Å²) < 4.78 is 1.31. The SMILES string of the molecule is Cc1cc(=O)n2[nH]cc(C(=O)N3CCC(C)CC3)c2n1. The zero-order valence-electron chi connectivity index (χ0n) is 11.7. The van der Waals surface area contributed by atoms with Crippen LogP contribution in [0.3, 0.4) is 0 Å². The van der Waals surface area contributed by atoms with E-state index in [1.165, 1.54) is 10.6 Å². The van der Waals surface area contributed by atoms with E-state index >= 15 is 0 Å². The lowest BCUT2D eigenvalue weighted by Gasteiger charge is -2.29. The number of aryl methyl sites for hydroxylation is 1. The maximum Gasteiger partial charge on any atom is 0.272 e. The molecule has 0 aliphatic carbocycles. The van der Waals surface area contributed by atoms with Gasteiger partial charge in [0.2, 0.25) is 0 Å². The number of aromatic amines is 1. The molecule has 6 heteroatoms. The van der Waals surface area contributed by atoms with Crippen LogP contribution in [-0.4, -0.2) is 38.5 Å². The van der Waals surface area contributed by atoms with Crippen molar-refractivity contribution < 1.29 is 4.79 Å². The Morgan fingerprint density at radius 1 is 1.40 bits per heavy atom. The number of fused-ring (bicyclic) bond motifs is 1. The molecule has 2 aromatic rings. The normalized spacial score (nSPS) is 16.8. The fraction of sp³-hybridized carbons (Fsp3) is 0.500. The minimum Gasteiger partial charge on any atom is -0.338 e. The minimum atomic E-state index is -0.196. The number of aromatic nitrogens is 3. The second-order valence-electron chi connectivity index (χ2n) is 5.56. The Bertz CT molecular complexity index is 708. The molecule has 1 N–H and O–H groups in total. The minimum absolute atomic E-state index is 0.0480. The van der Waals surface area contributed by atoms with Crippen molar-refractivity contribution in [3.05, 3.63) is 33.9 Å². The van der Waals surface area contributed by atoms with Crippen LogP contribution in [0.25, 0.3) is 5.65 Å². The van der Waals surface area contributed by atoms with Crippen LogP contribution in [-0.2, 0) is 0 Å². The Kier molecular flexibility index (Phi) is 3.08. The molecule has 1 aliphatic rings. The standard InChI is InChI=1S/C14H18N4O2/c1-9-3-5-17(6-4-9)14(20)11-8-15-18-12(19)7-10(2)16-13(11)18/h7-9,15H,3-6H2,1-2H3. The van der Waals surface area contributed by atoms with E-state index in [1.807, 2.05) is 4.90 Å². The van der Waals surface area contributed by atoms with Crippen LogP contribution < -0.4 is 5.56 Å². The largest absolute Gasteiger partial charge is 0.338 e. The van der Waals surface area contributed by atoms with Crippen molar-refractivity contribution in [3.8, 4) is 0 Å². The molecule has 0 radical (unpaired) electrons. The van der Waals surface area contributed by atoms with E-state index in [0.29, 0.717) is 22.8 Å². The molecule has 6 nitrogen and oxygen atoms in total. The van der Waals surface area contributed by atoms with Crippen LogP contribution in [0.1, 0.15) is 35.8 Å². The third kappa shape index (κ3) is 2.11. The number of rotatable bonds is 1. The van der Waals surface area contributed by atoms with Crippen molar-refractivity contribution in [1.82, 2.24) is 19.5 Å². The van der Waals surface area contributed by atoms with Gasteiger partial charge in [0.1, 0.15) is 5.56 Å². The summed E-state index contributed by atoms with van der Waals surface area (Å²) in [7, 11) is 0. The van der Waals surface area contributed by atoms with Crippen LogP contribution in [0.15, 0.2) is 17.1 Å². The van der Waals surface area contributed by atoms with Gasteiger partial charge in [-0.2, -0.15) is 0 Å². The molecule has 2 aromatic heterocycles. The Labute approximate surface area is 116 Å². The first-order valence-corrected chi connectivity index (χ1v) is 6.93. The first kappa shape index (κ1) is 12.9. The number of nitrogens with one attached hydrogen (secondary N) is 1. The van der Waals surface area contributed by atoms with Crippen LogP contribution in [0.2, 0.25) is 0 Å². The maximum atomic E-state index is 12.6. The molecule has 1 saturated heterocycles. The van der Waals surface area contributed by atoms with E-state index in [4.69, 9.17) is 0 Å². The number of hydrogen-bond donors (Lipinski definition) is 1. The van der Waals surface area contributed by atoms with Crippen LogP contribution in [0.4, 0.5) is 0 Å². The van der Waals surface area contributed by atoms with Crippen molar-refractivity contribution in [2.45, 2.75) is 26.7 Å². The van der Waals surface area contributed by atoms with Gasteiger partial charge in [0, 0.05) is 31.0 Å². The molecular formula is C14H18N4O2. The number of H-pyrrole nitrogens is 1. The fourth-order valence-electron chi connectivity index (χ4n) is 2.64. The van der Waals surface area contributed by atoms with Gasteiger partial charge in [0.25, 0.3) is 11.5 Å². The predicted molar refractivity (Wildman–Crippen MR) is 74.9 cm³/mol. The molecule has 0 unspecified atom stereocenters. The Balaban J connectivity index is 1.98. The van der Waals surface area contributed by atoms with Gasteiger partial charge in [-0.15, -0.1) is 0 Å². The zero-order valence-corrected chi connectivity index (χ0v) is 11.7. The molecule has 106 valence electrons. The molecule has 3 heterocycles. The summed E-state index contributed by atoms with van der Waals surface area (Å²) in [5.74, 6) is 0.623. The van der Waals surface area contributed by atoms with E-state index < -0.39 is 0 Å². The molecule has 1 amide bonds. The first-order chi connectivity index (χ1) is 9.56. The van der Waals surface area contributed by atoms with Gasteiger partial charge in [-0.3, -0.25) is 14.7 Å². The van der Waals surface area contributed by atoms with Crippen molar-refractivity contribution in [2.24, 2.45) is 5.92 Å². The average molecular weight is 274 g/mol. The highest BCUT2D eigenvalue weighted by atomic mass is 16.2. The number of piperidine rings is 1. The molecule has 0 atom stereocenters. The highest BCUT2D eigenvalue weighted by Gasteiger charge is 2.24. The molecule has 0 spiro atoms. The number of likely N-dealkylation sites (tertiary alicyclic amines) is 1. The number of amides is 1. The van der Waals surface area contributed by atoms with Gasteiger partial charge < -0.3 is 4.90 Å². The van der Waals surface area contributed by atoms with E-state index in [9.17, 15) is 9.59 Å². The van der Waals surface area contributed by atoms with E-state index in [1.54, 1.807) is 13.1 Å². The molecule has 0 aromatic carbocycles. The highest BCUT2D eigenvalue weighted by molar-refractivity contribution is 5.99. The van der Waals surface area contributed by atoms with Gasteiger partial charge in [0.05, 0.1) is 0 Å². The third-order valence-corrected chi connectivity index (χ3v) is 3.93. The second kappa shape index (κ2) is 4.77. The first-order valence-electron chi connectivity index (χ1n) is 6.93. The van der Waals surface area contributed by atoms with Gasteiger partial charge >= 0.3 is 0 Å². The van der Waals surface area contributed by atoms with Gasteiger partial charge in [-0.25, -0.2) is 9.50 Å². The summed E-state index contributed by atoms with van der Waals surface area (Å²) in [6.45, 7) is 5.50. The Hall–Kier alpha value is -2.11. The maximum absolute atomic E-state index is 12.6. The van der Waals surface area contributed by atoms with Crippen LogP contribution in [0, 0.1) is 12.8 Å². The summed E-state index contributed by atoms with van der Waals surface area (Å²) in [5.41, 5.74) is 1.31. The lowest BCUT2D eigenvalue weighted by Crippen LogP contribution is -2.38. The lowest BCUT2D eigenvalue weighted by molar-refractivity contribution is 0.0699. The third-order valence-electron chi connectivity index (χ3n) is 3.93. The van der Waals surface area contributed by atoms with Gasteiger partial charge in [0.15, 0.2) is 5.65 Å². The zero-order chi connectivity index (χ0) is 14.3. The molecule has 1 fully saturated rings. The fourth-order valence-corrected chi connectivity index (χ4v) is 2.64. The molecule has 1 aliphatic heterocycles. The van der Waals surface area contributed by atoms with Gasteiger partial charge in [-0.05, 0) is 25.7 Å². The van der Waals surface area contributed by atoms with Crippen molar-refractivity contribution in [2.75, 3.05) is 13.1 Å². The Morgan fingerprint density at radius 3 is 2.80 bits per heavy atom. The average Bonchev–Trinajstić information content (AvgIpc) is 2.82. The molecule has 0 bridgehead atoms.